The van der Waals surface area contributed by atoms with E-state index in [0.717, 1.165) is 41.7 Å². The van der Waals surface area contributed by atoms with Gasteiger partial charge >= 0.3 is 0 Å². The smallest absolute Gasteiger partial charge is 0.0897 e. The van der Waals surface area contributed by atoms with Crippen molar-refractivity contribution in [1.82, 2.24) is 9.97 Å². The average Bonchev–Trinajstić information content (AvgIpc) is 3.04. The van der Waals surface area contributed by atoms with Crippen molar-refractivity contribution in [3.05, 3.63) is 58.8 Å². The minimum Gasteiger partial charge on any atom is -0.377 e. The molecule has 4 heteroatoms. The summed E-state index contributed by atoms with van der Waals surface area (Å²) in [4.78, 5) is 8.11. The number of hydrogen-bond donors (Lipinski definition) is 1. The van der Waals surface area contributed by atoms with Crippen molar-refractivity contribution in [2.24, 2.45) is 0 Å². The zero-order valence-electron chi connectivity index (χ0n) is 13.6. The predicted molar refractivity (Wildman–Crippen MR) is 99.3 cm³/mol. The monoisotopic (exact) mass is 338 g/mol. The fourth-order valence-corrected chi connectivity index (χ4v) is 3.37. The molecule has 3 nitrogen and oxygen atoms in total. The van der Waals surface area contributed by atoms with Crippen LogP contribution in [0, 0.1) is 0 Å². The van der Waals surface area contributed by atoms with Gasteiger partial charge in [0.2, 0.25) is 0 Å². The molecule has 1 N–H and O–H groups in total. The van der Waals surface area contributed by atoms with Gasteiger partial charge in [-0.05, 0) is 36.1 Å². The number of nitrogens with zero attached hydrogens (tertiary/aromatic N) is 1. The second-order valence-electron chi connectivity index (χ2n) is 6.03. The topological polar surface area (TPSA) is 37.9 Å². The Morgan fingerprint density at radius 3 is 2.67 bits per heavy atom. The van der Waals surface area contributed by atoms with Crippen LogP contribution in [0.3, 0.4) is 0 Å². The molecule has 0 spiro atoms. The minimum atomic E-state index is 0.671. The van der Waals surface area contributed by atoms with Crippen molar-refractivity contribution < 1.29 is 4.74 Å². The zero-order valence-corrected chi connectivity index (χ0v) is 14.4. The second kappa shape index (κ2) is 6.42. The van der Waals surface area contributed by atoms with Crippen LogP contribution in [-0.4, -0.2) is 23.2 Å². The maximum Gasteiger partial charge on any atom is 0.0897 e. The summed E-state index contributed by atoms with van der Waals surface area (Å²) < 4.78 is 5.38. The van der Waals surface area contributed by atoms with Gasteiger partial charge < -0.3 is 9.72 Å². The number of rotatable bonds is 3. The van der Waals surface area contributed by atoms with Crippen LogP contribution in [-0.2, 0) is 11.2 Å². The Kier molecular flexibility index (Phi) is 4.13. The van der Waals surface area contributed by atoms with E-state index in [-0.39, 0.29) is 0 Å². The highest BCUT2D eigenvalue weighted by Gasteiger charge is 2.11. The van der Waals surface area contributed by atoms with Crippen LogP contribution in [0.1, 0.15) is 24.6 Å². The maximum atomic E-state index is 6.47. The molecule has 1 aromatic carbocycles. The molecule has 0 amide bonds. The molecule has 0 atom stereocenters. The first-order chi connectivity index (χ1) is 11.7. The van der Waals surface area contributed by atoms with E-state index in [1.54, 1.807) is 0 Å². The number of aromatic amines is 1. The zero-order chi connectivity index (χ0) is 16.5. The Morgan fingerprint density at radius 2 is 1.96 bits per heavy atom. The highest BCUT2D eigenvalue weighted by molar-refractivity contribution is 6.33. The van der Waals surface area contributed by atoms with Crippen LogP contribution in [0.5, 0.6) is 0 Å². The summed E-state index contributed by atoms with van der Waals surface area (Å²) in [6.45, 7) is 3.62. The summed E-state index contributed by atoms with van der Waals surface area (Å²) in [5.41, 5.74) is 7.59. The van der Waals surface area contributed by atoms with E-state index in [2.05, 4.69) is 48.3 Å². The van der Waals surface area contributed by atoms with E-state index in [9.17, 15) is 0 Å². The second-order valence-corrected chi connectivity index (χ2v) is 6.44. The average molecular weight is 339 g/mol. The lowest BCUT2D eigenvalue weighted by Gasteiger charge is -2.14. The van der Waals surface area contributed by atoms with Crippen LogP contribution in [0.4, 0.5) is 0 Å². The summed E-state index contributed by atoms with van der Waals surface area (Å²) in [5.74, 6) is 0. The van der Waals surface area contributed by atoms with E-state index in [0.29, 0.717) is 11.6 Å². The number of nitrogens with one attached hydrogen (secondary N) is 1. The summed E-state index contributed by atoms with van der Waals surface area (Å²) >= 11 is 6.47. The molecule has 0 bridgehead atoms. The highest BCUT2D eigenvalue weighted by atomic mass is 35.5. The van der Waals surface area contributed by atoms with Gasteiger partial charge in [-0.1, -0.05) is 48.9 Å². The summed E-state index contributed by atoms with van der Waals surface area (Å²) in [6, 6.07) is 12.5. The third kappa shape index (κ3) is 2.85. The molecule has 0 aliphatic carbocycles. The molecule has 4 rings (SSSR count). The normalized spacial score (nSPS) is 14.8. The molecule has 2 aromatic heterocycles. The van der Waals surface area contributed by atoms with Gasteiger partial charge in [0.05, 0.1) is 35.0 Å². The highest BCUT2D eigenvalue weighted by Crippen LogP contribution is 2.31. The molecule has 0 saturated heterocycles. The molecule has 24 heavy (non-hydrogen) atoms. The first-order valence-corrected chi connectivity index (χ1v) is 8.68. The fourth-order valence-electron chi connectivity index (χ4n) is 3.11. The number of fused-ring (bicyclic) bond motifs is 1. The van der Waals surface area contributed by atoms with E-state index in [4.69, 9.17) is 21.3 Å². The molecule has 0 fully saturated rings. The third-order valence-corrected chi connectivity index (χ3v) is 4.77. The Labute approximate surface area is 146 Å². The van der Waals surface area contributed by atoms with Gasteiger partial charge in [0.1, 0.15) is 0 Å². The van der Waals surface area contributed by atoms with Crippen LogP contribution < -0.4 is 0 Å². The molecule has 1 aliphatic heterocycles. The first kappa shape index (κ1) is 15.4. The lowest BCUT2D eigenvalue weighted by Crippen LogP contribution is -2.03. The van der Waals surface area contributed by atoms with Crippen LogP contribution in [0.15, 0.2) is 42.5 Å². The Bertz CT molecular complexity index is 909. The standard InChI is InChI=1S/C20H19ClN2O/c1-2-16-11-18-19(22-16)12-17(21)20(23-18)15-5-3-13(4-6-15)14-7-9-24-10-8-14/h3-7,11-12,22H,2,8-10H2,1H3. The number of H-pyrrole nitrogens is 1. The first-order valence-electron chi connectivity index (χ1n) is 8.30. The van der Waals surface area contributed by atoms with Crippen molar-refractivity contribution in [3.8, 4) is 11.3 Å². The van der Waals surface area contributed by atoms with Crippen molar-refractivity contribution in [2.75, 3.05) is 13.2 Å². The Morgan fingerprint density at radius 1 is 1.17 bits per heavy atom. The molecular formula is C20H19ClN2O. The summed E-state index contributed by atoms with van der Waals surface area (Å²) in [7, 11) is 0. The molecule has 1 aliphatic rings. The third-order valence-electron chi connectivity index (χ3n) is 4.49. The fraction of sp³-hybridized carbons (Fsp3) is 0.250. The maximum absolute atomic E-state index is 6.47. The van der Waals surface area contributed by atoms with E-state index in [1.807, 2.05) is 6.07 Å². The number of ether oxygens (including phenoxy) is 1. The molecule has 0 unspecified atom stereocenters. The van der Waals surface area contributed by atoms with Gasteiger partial charge in [0, 0.05) is 11.3 Å². The number of pyridine rings is 1. The molecular weight excluding hydrogens is 320 g/mol. The summed E-state index contributed by atoms with van der Waals surface area (Å²) in [6.07, 6.45) is 4.08. The molecule has 0 radical (unpaired) electrons. The molecule has 122 valence electrons. The van der Waals surface area contributed by atoms with Crippen molar-refractivity contribution in [3.63, 3.8) is 0 Å². The minimum absolute atomic E-state index is 0.671. The van der Waals surface area contributed by atoms with Crippen molar-refractivity contribution in [2.45, 2.75) is 19.8 Å². The number of aromatic nitrogens is 2. The molecule has 3 heterocycles. The Balaban J connectivity index is 1.71. The van der Waals surface area contributed by atoms with Crippen LogP contribution in [0.2, 0.25) is 5.02 Å². The number of aryl methyl sites for hydroxylation is 1. The number of benzene rings is 1. The number of hydrogen-bond acceptors (Lipinski definition) is 2. The van der Waals surface area contributed by atoms with Gasteiger partial charge in [-0.3, -0.25) is 0 Å². The van der Waals surface area contributed by atoms with Crippen molar-refractivity contribution in [1.29, 1.82) is 0 Å². The van der Waals surface area contributed by atoms with Crippen LogP contribution in [0.25, 0.3) is 27.9 Å². The van der Waals surface area contributed by atoms with Gasteiger partial charge in [0.25, 0.3) is 0 Å². The summed E-state index contributed by atoms with van der Waals surface area (Å²) in [5, 5.41) is 0.671. The van der Waals surface area contributed by atoms with E-state index < -0.39 is 0 Å². The number of halogens is 1. The lowest BCUT2D eigenvalue weighted by atomic mass is 9.99. The van der Waals surface area contributed by atoms with Gasteiger partial charge in [-0.25, -0.2) is 4.98 Å². The van der Waals surface area contributed by atoms with E-state index >= 15 is 0 Å². The van der Waals surface area contributed by atoms with Gasteiger partial charge in [-0.15, -0.1) is 0 Å². The lowest BCUT2D eigenvalue weighted by molar-refractivity contribution is 0.161. The largest absolute Gasteiger partial charge is 0.377 e. The SMILES string of the molecule is CCc1cc2nc(-c3ccc(C4=CCOCC4)cc3)c(Cl)cc2[nH]1. The van der Waals surface area contributed by atoms with Gasteiger partial charge in [-0.2, -0.15) is 0 Å². The van der Waals surface area contributed by atoms with Gasteiger partial charge in [0.15, 0.2) is 0 Å². The van der Waals surface area contributed by atoms with Crippen LogP contribution >= 0.6 is 11.6 Å². The quantitative estimate of drug-likeness (QED) is 0.708. The molecule has 0 saturated carbocycles. The van der Waals surface area contributed by atoms with Crippen molar-refractivity contribution >= 4 is 28.2 Å². The molecule has 3 aromatic rings. The Hall–Kier alpha value is -2.10. The predicted octanol–water partition coefficient (Wildman–Crippen LogP) is 5.25. The van der Waals surface area contributed by atoms with E-state index in [1.165, 1.54) is 16.8 Å².